The van der Waals surface area contributed by atoms with Crippen LogP contribution in [0.15, 0.2) is 83.0 Å². The maximum Gasteiger partial charge on any atom is 0.261 e. The first kappa shape index (κ1) is 27.0. The highest BCUT2D eigenvalue weighted by molar-refractivity contribution is 14.1. The van der Waals surface area contributed by atoms with Gasteiger partial charge in [0.2, 0.25) is 0 Å². The van der Waals surface area contributed by atoms with Gasteiger partial charge >= 0.3 is 0 Å². The molecule has 0 radical (unpaired) electrons. The van der Waals surface area contributed by atoms with Crippen LogP contribution in [0.5, 0.6) is 0 Å². The van der Waals surface area contributed by atoms with Gasteiger partial charge in [0, 0.05) is 6.42 Å². The van der Waals surface area contributed by atoms with E-state index in [1.54, 1.807) is 6.92 Å². The largest absolute Gasteiger partial charge is 0.404 e. The predicted molar refractivity (Wildman–Crippen MR) is 150 cm³/mol. The Balaban J connectivity index is 2.54. The second kappa shape index (κ2) is 12.9. The number of rotatable bonds is 12. The van der Waals surface area contributed by atoms with Crippen molar-refractivity contribution in [2.75, 3.05) is 0 Å². The summed E-state index contributed by atoms with van der Waals surface area (Å²) >= 11 is 2.36. The molecule has 2 unspecified atom stereocenters. The minimum absolute atomic E-state index is 0.0471. The first-order valence-electron chi connectivity index (χ1n) is 11.6. The summed E-state index contributed by atoms with van der Waals surface area (Å²) in [5.41, 5.74) is 0. The summed E-state index contributed by atoms with van der Waals surface area (Å²) in [6.45, 7) is 12.6. The molecule has 0 spiro atoms. The number of unbranched alkanes of at least 4 members (excludes halogenated alkanes) is 2. The van der Waals surface area contributed by atoms with Crippen molar-refractivity contribution in [3.63, 3.8) is 0 Å². The molecule has 2 rings (SSSR count). The summed E-state index contributed by atoms with van der Waals surface area (Å²) in [5, 5.41) is 12.4. The molecular formula is C28H39IO2Si. The Kier molecular flexibility index (Phi) is 10.9. The first-order valence-corrected chi connectivity index (χ1v) is 14.6. The van der Waals surface area contributed by atoms with E-state index in [0.717, 1.165) is 35.7 Å². The van der Waals surface area contributed by atoms with E-state index in [1.807, 2.05) is 12.2 Å². The van der Waals surface area contributed by atoms with Gasteiger partial charge in [0.15, 0.2) is 0 Å². The molecule has 0 saturated heterocycles. The van der Waals surface area contributed by atoms with Crippen molar-refractivity contribution in [2.24, 2.45) is 0 Å². The fourth-order valence-corrected chi connectivity index (χ4v) is 10.1. The molecule has 174 valence electrons. The average Bonchev–Trinajstić information content (AvgIpc) is 2.74. The Labute approximate surface area is 210 Å². The first-order chi connectivity index (χ1) is 15.2. The Morgan fingerprint density at radius 1 is 1.03 bits per heavy atom. The molecule has 2 aromatic rings. The van der Waals surface area contributed by atoms with Crippen LogP contribution in [0.25, 0.3) is 0 Å². The number of hydrogen-bond donors (Lipinski definition) is 1. The molecule has 0 heterocycles. The van der Waals surface area contributed by atoms with Crippen molar-refractivity contribution in [1.29, 1.82) is 0 Å². The van der Waals surface area contributed by atoms with E-state index in [-0.39, 0.29) is 11.1 Å². The van der Waals surface area contributed by atoms with Crippen LogP contribution >= 0.6 is 22.6 Å². The molecule has 0 aromatic heterocycles. The van der Waals surface area contributed by atoms with Crippen molar-refractivity contribution in [2.45, 2.75) is 77.0 Å². The van der Waals surface area contributed by atoms with Crippen molar-refractivity contribution in [1.82, 2.24) is 0 Å². The van der Waals surface area contributed by atoms with E-state index in [0.29, 0.717) is 0 Å². The highest BCUT2D eigenvalue weighted by atomic mass is 127. The standard InChI is InChI=1S/C28H39IO2Si/c1-6-7-8-11-16-25(22-24(29)21-23(2)30)31-32(28(3,4)5,26-17-12-9-13-18-26)27-19-14-10-15-20-27/h6,9-10,12-15,17-21,23,25,30H,1,7-8,11,16,22H2,2-5H3/b24-21-. The smallest absolute Gasteiger partial charge is 0.261 e. The lowest BCUT2D eigenvalue weighted by Gasteiger charge is -2.45. The highest BCUT2D eigenvalue weighted by Crippen LogP contribution is 2.39. The van der Waals surface area contributed by atoms with Gasteiger partial charge in [-0.1, -0.05) is 93.9 Å². The molecule has 0 aliphatic heterocycles. The van der Waals surface area contributed by atoms with Crippen LogP contribution in [-0.4, -0.2) is 25.6 Å². The Morgan fingerprint density at radius 2 is 1.56 bits per heavy atom. The van der Waals surface area contributed by atoms with Crippen molar-refractivity contribution in [3.05, 3.63) is 83.0 Å². The SMILES string of the molecule is C=CCCCCC(C/C(I)=C/C(C)O)O[Si](c1ccccc1)(c1ccccc1)C(C)(C)C. The zero-order chi connectivity index (χ0) is 23.6. The number of hydrogen-bond acceptors (Lipinski definition) is 2. The minimum Gasteiger partial charge on any atom is -0.404 e. The number of allylic oxidation sites excluding steroid dienone is 1. The summed E-state index contributed by atoms with van der Waals surface area (Å²) in [5.74, 6) is 0. The minimum atomic E-state index is -2.60. The van der Waals surface area contributed by atoms with E-state index in [9.17, 15) is 5.11 Å². The molecule has 0 fully saturated rings. The lowest BCUT2D eigenvalue weighted by atomic mass is 10.1. The topological polar surface area (TPSA) is 29.5 Å². The van der Waals surface area contributed by atoms with Gasteiger partial charge in [-0.05, 0) is 73.8 Å². The fourth-order valence-electron chi connectivity index (χ4n) is 4.35. The van der Waals surface area contributed by atoms with Gasteiger partial charge < -0.3 is 9.53 Å². The van der Waals surface area contributed by atoms with E-state index < -0.39 is 14.4 Å². The lowest BCUT2D eigenvalue weighted by molar-refractivity contribution is 0.175. The molecule has 0 saturated carbocycles. The summed E-state index contributed by atoms with van der Waals surface area (Å²) in [7, 11) is -2.60. The molecule has 0 bridgehead atoms. The van der Waals surface area contributed by atoms with E-state index in [1.165, 1.54) is 10.4 Å². The molecule has 4 heteroatoms. The predicted octanol–water partition coefficient (Wildman–Crippen LogP) is 6.77. The van der Waals surface area contributed by atoms with Crippen LogP contribution in [-0.2, 0) is 4.43 Å². The van der Waals surface area contributed by atoms with Gasteiger partial charge in [0.25, 0.3) is 8.32 Å². The third-order valence-electron chi connectivity index (χ3n) is 5.79. The summed E-state index contributed by atoms with van der Waals surface area (Å²) in [6.07, 6.45) is 8.66. The maximum atomic E-state index is 9.88. The van der Waals surface area contributed by atoms with Gasteiger partial charge in [-0.15, -0.1) is 6.58 Å². The van der Waals surface area contributed by atoms with Crippen molar-refractivity contribution in [3.8, 4) is 0 Å². The zero-order valence-corrected chi connectivity index (χ0v) is 23.2. The van der Waals surface area contributed by atoms with Gasteiger partial charge in [0.05, 0.1) is 12.2 Å². The zero-order valence-electron chi connectivity index (χ0n) is 20.1. The third-order valence-corrected chi connectivity index (χ3v) is 11.7. The molecule has 2 aromatic carbocycles. The Morgan fingerprint density at radius 3 is 2.00 bits per heavy atom. The summed E-state index contributed by atoms with van der Waals surface area (Å²) in [6, 6.07) is 21.7. The van der Waals surface area contributed by atoms with Gasteiger partial charge in [-0.3, -0.25) is 0 Å². The molecule has 1 N–H and O–H groups in total. The molecule has 32 heavy (non-hydrogen) atoms. The third kappa shape index (κ3) is 7.40. The number of aliphatic hydroxyl groups excluding tert-OH is 1. The average molecular weight is 563 g/mol. The van der Waals surface area contributed by atoms with Crippen LogP contribution in [0.2, 0.25) is 5.04 Å². The molecule has 0 aliphatic carbocycles. The lowest BCUT2D eigenvalue weighted by Crippen LogP contribution is -2.67. The Bertz CT molecular complexity index is 801. The van der Waals surface area contributed by atoms with Crippen molar-refractivity contribution < 1.29 is 9.53 Å². The maximum absolute atomic E-state index is 9.88. The van der Waals surface area contributed by atoms with Crippen LogP contribution in [0.3, 0.4) is 0 Å². The summed E-state index contributed by atoms with van der Waals surface area (Å²) in [4.78, 5) is 0. The van der Waals surface area contributed by atoms with Gasteiger partial charge in [0.1, 0.15) is 0 Å². The van der Waals surface area contributed by atoms with Crippen LogP contribution in [0.4, 0.5) is 0 Å². The van der Waals surface area contributed by atoms with E-state index in [4.69, 9.17) is 4.43 Å². The number of benzene rings is 2. The van der Waals surface area contributed by atoms with Crippen molar-refractivity contribution >= 4 is 41.3 Å². The number of aliphatic hydroxyl groups is 1. The highest BCUT2D eigenvalue weighted by Gasteiger charge is 2.51. The quantitative estimate of drug-likeness (QED) is 0.134. The second-order valence-corrected chi connectivity index (χ2v) is 15.2. The Hall–Kier alpha value is -1.21. The van der Waals surface area contributed by atoms with Gasteiger partial charge in [-0.2, -0.15) is 0 Å². The molecular weight excluding hydrogens is 523 g/mol. The monoisotopic (exact) mass is 562 g/mol. The molecule has 0 aliphatic rings. The number of halogens is 1. The van der Waals surface area contributed by atoms with E-state index in [2.05, 4.69) is 111 Å². The summed E-state index contributed by atoms with van der Waals surface area (Å²) < 4.78 is 8.55. The van der Waals surface area contributed by atoms with Gasteiger partial charge in [-0.25, -0.2) is 0 Å². The van der Waals surface area contributed by atoms with E-state index >= 15 is 0 Å². The fraction of sp³-hybridized carbons (Fsp3) is 0.429. The van der Waals surface area contributed by atoms with Crippen LogP contribution < -0.4 is 10.4 Å². The second-order valence-electron chi connectivity index (χ2n) is 9.53. The molecule has 0 amide bonds. The van der Waals surface area contributed by atoms with Crippen LogP contribution in [0.1, 0.15) is 59.8 Å². The normalized spacial score (nSPS) is 14.8. The molecule has 2 nitrogen and oxygen atoms in total. The van der Waals surface area contributed by atoms with Crippen LogP contribution in [0, 0.1) is 0 Å². The molecule has 2 atom stereocenters.